The second-order valence-corrected chi connectivity index (χ2v) is 4.39. The molecule has 1 aromatic rings. The van der Waals surface area contributed by atoms with Crippen LogP contribution in [0.15, 0.2) is 0 Å². The number of hydrogen-bond acceptors (Lipinski definition) is 4. The van der Waals surface area contributed by atoms with Crippen LogP contribution < -0.4 is 5.73 Å². The molecule has 0 saturated heterocycles. The van der Waals surface area contributed by atoms with Crippen LogP contribution in [0.3, 0.4) is 0 Å². The highest BCUT2D eigenvalue weighted by molar-refractivity contribution is 5.92. The molecule has 0 aliphatic heterocycles. The summed E-state index contributed by atoms with van der Waals surface area (Å²) in [6, 6.07) is -0.198. The predicted octanol–water partition coefficient (Wildman–Crippen LogP) is 0.196. The fraction of sp³-hybridized carbons (Fsp3) is 0.700. The summed E-state index contributed by atoms with van der Waals surface area (Å²) < 4.78 is 1.63. The zero-order valence-corrected chi connectivity index (χ0v) is 9.42. The molecule has 2 unspecified atom stereocenters. The number of hydrogen-bond donors (Lipinski definition) is 2. The SMILES string of the molecule is CC(O)C(C)n1nnc(C(N)=O)c1C1CC1. The van der Waals surface area contributed by atoms with E-state index in [-0.39, 0.29) is 11.7 Å². The molecule has 1 amide bonds. The van der Waals surface area contributed by atoms with Crippen LogP contribution in [-0.2, 0) is 0 Å². The van der Waals surface area contributed by atoms with Gasteiger partial charge in [-0.05, 0) is 26.7 Å². The summed E-state index contributed by atoms with van der Waals surface area (Å²) in [6.45, 7) is 3.53. The van der Waals surface area contributed by atoms with Gasteiger partial charge in [-0.25, -0.2) is 4.68 Å². The topological polar surface area (TPSA) is 94.0 Å². The quantitative estimate of drug-likeness (QED) is 0.763. The number of aliphatic hydroxyl groups excluding tert-OH is 1. The van der Waals surface area contributed by atoms with E-state index in [4.69, 9.17) is 5.73 Å². The lowest BCUT2D eigenvalue weighted by Gasteiger charge is -2.17. The van der Waals surface area contributed by atoms with Crippen molar-refractivity contribution in [1.29, 1.82) is 0 Å². The molecule has 1 aliphatic carbocycles. The maximum Gasteiger partial charge on any atom is 0.271 e. The predicted molar refractivity (Wildman–Crippen MR) is 56.9 cm³/mol. The molecular weight excluding hydrogens is 208 g/mol. The first-order valence-electron chi connectivity index (χ1n) is 5.45. The van der Waals surface area contributed by atoms with Crippen LogP contribution in [0.1, 0.15) is 54.8 Å². The number of primary amides is 1. The molecule has 6 nitrogen and oxygen atoms in total. The molecule has 88 valence electrons. The van der Waals surface area contributed by atoms with Crippen molar-refractivity contribution < 1.29 is 9.90 Å². The summed E-state index contributed by atoms with van der Waals surface area (Å²) in [5, 5.41) is 17.3. The summed E-state index contributed by atoms with van der Waals surface area (Å²) in [5.74, 6) is -0.232. The van der Waals surface area contributed by atoms with Gasteiger partial charge in [0, 0.05) is 5.92 Å². The maximum absolute atomic E-state index is 11.2. The Bertz CT molecular complexity index is 409. The van der Waals surface area contributed by atoms with Crippen LogP contribution >= 0.6 is 0 Å². The highest BCUT2D eigenvalue weighted by atomic mass is 16.3. The van der Waals surface area contributed by atoms with Crippen molar-refractivity contribution in [3.05, 3.63) is 11.4 Å². The minimum atomic E-state index is -0.550. The van der Waals surface area contributed by atoms with Gasteiger partial charge in [0.2, 0.25) is 0 Å². The van der Waals surface area contributed by atoms with Crippen LogP contribution in [0.2, 0.25) is 0 Å². The largest absolute Gasteiger partial charge is 0.391 e. The van der Waals surface area contributed by atoms with Gasteiger partial charge in [0.25, 0.3) is 5.91 Å². The molecule has 1 heterocycles. The fourth-order valence-electron chi connectivity index (χ4n) is 1.72. The highest BCUT2D eigenvalue weighted by Crippen LogP contribution is 2.42. The fourth-order valence-corrected chi connectivity index (χ4v) is 1.72. The summed E-state index contributed by atoms with van der Waals surface area (Å²) >= 11 is 0. The number of nitrogens with two attached hydrogens (primary N) is 1. The average Bonchev–Trinajstić information content (AvgIpc) is 2.95. The van der Waals surface area contributed by atoms with E-state index >= 15 is 0 Å². The molecule has 1 aliphatic rings. The Morgan fingerprint density at radius 2 is 2.19 bits per heavy atom. The summed E-state index contributed by atoms with van der Waals surface area (Å²) in [4.78, 5) is 11.2. The van der Waals surface area contributed by atoms with Crippen molar-refractivity contribution >= 4 is 5.91 Å². The van der Waals surface area contributed by atoms with Gasteiger partial charge in [0.15, 0.2) is 5.69 Å². The van der Waals surface area contributed by atoms with E-state index in [0.29, 0.717) is 5.92 Å². The van der Waals surface area contributed by atoms with E-state index in [1.807, 2.05) is 6.92 Å². The monoisotopic (exact) mass is 224 g/mol. The minimum Gasteiger partial charge on any atom is -0.391 e. The lowest BCUT2D eigenvalue weighted by Crippen LogP contribution is -2.22. The second kappa shape index (κ2) is 3.86. The summed E-state index contributed by atoms with van der Waals surface area (Å²) in [5.41, 5.74) is 6.28. The summed E-state index contributed by atoms with van der Waals surface area (Å²) in [7, 11) is 0. The van der Waals surface area contributed by atoms with Crippen LogP contribution in [0.5, 0.6) is 0 Å². The van der Waals surface area contributed by atoms with Crippen LogP contribution in [-0.4, -0.2) is 32.1 Å². The van der Waals surface area contributed by atoms with Crippen molar-refractivity contribution in [2.75, 3.05) is 0 Å². The Balaban J connectivity index is 2.41. The number of aliphatic hydroxyl groups is 1. The molecule has 1 saturated carbocycles. The van der Waals surface area contributed by atoms with Crippen LogP contribution in [0.4, 0.5) is 0 Å². The van der Waals surface area contributed by atoms with Crippen molar-refractivity contribution in [2.45, 2.75) is 44.8 Å². The normalized spacial score (nSPS) is 19.4. The Kier molecular flexibility index (Phi) is 2.67. The molecule has 3 N–H and O–H groups in total. The van der Waals surface area contributed by atoms with Crippen LogP contribution in [0, 0.1) is 0 Å². The van der Waals surface area contributed by atoms with Crippen molar-refractivity contribution in [1.82, 2.24) is 15.0 Å². The second-order valence-electron chi connectivity index (χ2n) is 4.39. The molecule has 0 spiro atoms. The van der Waals surface area contributed by atoms with Gasteiger partial charge in [-0.1, -0.05) is 5.21 Å². The number of carbonyl (C=O) groups excluding carboxylic acids is 1. The molecule has 2 rings (SSSR count). The summed E-state index contributed by atoms with van der Waals surface area (Å²) in [6.07, 6.45) is 1.51. The first-order valence-corrected chi connectivity index (χ1v) is 5.45. The van der Waals surface area contributed by atoms with Gasteiger partial charge in [0.1, 0.15) is 0 Å². The smallest absolute Gasteiger partial charge is 0.271 e. The molecule has 0 radical (unpaired) electrons. The third-order valence-electron chi connectivity index (χ3n) is 3.01. The molecule has 1 aromatic heterocycles. The first kappa shape index (κ1) is 11.1. The van der Waals surface area contributed by atoms with E-state index in [2.05, 4.69) is 10.3 Å². The van der Waals surface area contributed by atoms with E-state index in [1.165, 1.54) is 0 Å². The maximum atomic E-state index is 11.2. The van der Waals surface area contributed by atoms with Gasteiger partial charge in [-0.2, -0.15) is 0 Å². The number of amides is 1. The van der Waals surface area contributed by atoms with Gasteiger partial charge >= 0.3 is 0 Å². The van der Waals surface area contributed by atoms with Crippen molar-refractivity contribution in [2.24, 2.45) is 5.73 Å². The minimum absolute atomic E-state index is 0.198. The Labute approximate surface area is 93.4 Å². The van der Waals surface area contributed by atoms with Crippen molar-refractivity contribution in [3.63, 3.8) is 0 Å². The number of nitrogens with zero attached hydrogens (tertiary/aromatic N) is 3. The van der Waals surface area contributed by atoms with Crippen molar-refractivity contribution in [3.8, 4) is 0 Å². The number of aromatic nitrogens is 3. The van der Waals surface area contributed by atoms with Gasteiger partial charge in [-0.15, -0.1) is 5.10 Å². The van der Waals surface area contributed by atoms with Crippen LogP contribution in [0.25, 0.3) is 0 Å². The van der Waals surface area contributed by atoms with E-state index in [9.17, 15) is 9.90 Å². The molecule has 6 heteroatoms. The molecule has 1 fully saturated rings. The molecule has 0 aromatic carbocycles. The third-order valence-corrected chi connectivity index (χ3v) is 3.01. The first-order chi connectivity index (χ1) is 7.52. The highest BCUT2D eigenvalue weighted by Gasteiger charge is 2.34. The van der Waals surface area contributed by atoms with Gasteiger partial charge < -0.3 is 10.8 Å². The third kappa shape index (κ3) is 1.80. The molecular formula is C10H16N4O2. The Morgan fingerprint density at radius 3 is 2.62 bits per heavy atom. The standard InChI is InChI=1S/C10H16N4O2/c1-5(6(2)15)14-9(7-3-4-7)8(10(11)16)12-13-14/h5-7,15H,3-4H2,1-2H3,(H2,11,16). The van der Waals surface area contributed by atoms with Gasteiger partial charge in [-0.3, -0.25) is 4.79 Å². The van der Waals surface area contributed by atoms with Gasteiger partial charge in [0.05, 0.1) is 17.8 Å². The lowest BCUT2D eigenvalue weighted by molar-refractivity contribution is 0.0993. The van der Waals surface area contributed by atoms with E-state index < -0.39 is 12.0 Å². The Hall–Kier alpha value is -1.43. The number of rotatable bonds is 4. The van der Waals surface area contributed by atoms with E-state index in [0.717, 1.165) is 18.5 Å². The van der Waals surface area contributed by atoms with E-state index in [1.54, 1.807) is 11.6 Å². The lowest BCUT2D eigenvalue weighted by atomic mass is 10.1. The number of carbonyl (C=O) groups is 1. The molecule has 16 heavy (non-hydrogen) atoms. The zero-order valence-electron chi connectivity index (χ0n) is 9.42. The Morgan fingerprint density at radius 1 is 1.56 bits per heavy atom. The molecule has 0 bridgehead atoms. The zero-order chi connectivity index (χ0) is 11.9. The molecule has 2 atom stereocenters. The average molecular weight is 224 g/mol.